The van der Waals surface area contributed by atoms with Crippen LogP contribution in [0, 0.1) is 17.8 Å². The van der Waals surface area contributed by atoms with Gasteiger partial charge in [-0.15, -0.1) is 0 Å². The maximum absolute atomic E-state index is 14.1. The van der Waals surface area contributed by atoms with E-state index in [0.717, 1.165) is 30.6 Å². The van der Waals surface area contributed by atoms with Gasteiger partial charge in [0.1, 0.15) is 6.04 Å². The molecule has 1 aliphatic carbocycles. The van der Waals surface area contributed by atoms with Crippen LogP contribution in [0.3, 0.4) is 0 Å². The van der Waals surface area contributed by atoms with E-state index in [4.69, 9.17) is 35.3 Å². The van der Waals surface area contributed by atoms with Gasteiger partial charge >= 0.3 is 0 Å². The van der Waals surface area contributed by atoms with E-state index in [-0.39, 0.29) is 80.6 Å². The molecule has 76 heavy (non-hydrogen) atoms. The fraction of sp³-hybridized carbons (Fsp3) is 0.796. The van der Waals surface area contributed by atoms with Crippen molar-refractivity contribution in [2.24, 2.45) is 29.3 Å². The van der Waals surface area contributed by atoms with Gasteiger partial charge in [-0.25, -0.2) is 5.84 Å². The van der Waals surface area contributed by atoms with Gasteiger partial charge in [0.15, 0.2) is 0 Å². The maximum atomic E-state index is 14.1. The third-order valence-corrected chi connectivity index (χ3v) is 14.0. The molecule has 0 aromatic carbocycles. The van der Waals surface area contributed by atoms with Crippen LogP contribution in [0.4, 0.5) is 0 Å². The summed E-state index contributed by atoms with van der Waals surface area (Å²) in [5, 5.41) is 9.74. The summed E-state index contributed by atoms with van der Waals surface area (Å²) < 4.78 is 28.4. The smallest absolute Gasteiger partial charge is 0.253 e. The molecule has 22 heteroatoms. The highest BCUT2D eigenvalue weighted by molar-refractivity contribution is 6.13. The van der Waals surface area contributed by atoms with Crippen molar-refractivity contribution >= 4 is 41.4 Å². The van der Waals surface area contributed by atoms with Crippen molar-refractivity contribution in [1.29, 1.82) is 0 Å². The lowest BCUT2D eigenvalue weighted by Crippen LogP contribution is -2.55. The van der Waals surface area contributed by atoms with E-state index in [1.54, 1.807) is 30.7 Å². The molecule has 7 amide bonds. The number of ether oxygens (including phenoxy) is 5. The van der Waals surface area contributed by atoms with E-state index < -0.39 is 54.0 Å². The first-order valence-corrected chi connectivity index (χ1v) is 27.8. The molecule has 1 saturated carbocycles. The van der Waals surface area contributed by atoms with Gasteiger partial charge in [0, 0.05) is 64.4 Å². The molecule has 2 bridgehead atoms. The average molecular weight is 1080 g/mol. The van der Waals surface area contributed by atoms with E-state index in [1.165, 1.54) is 44.0 Å². The van der Waals surface area contributed by atoms with Crippen LogP contribution >= 0.6 is 0 Å². The summed E-state index contributed by atoms with van der Waals surface area (Å²) in [6.45, 7) is 22.2. The van der Waals surface area contributed by atoms with Crippen LogP contribution in [0.25, 0.3) is 0 Å². The highest BCUT2D eigenvalue weighted by atomic mass is 16.5. The monoisotopic (exact) mass is 1080 g/mol. The third kappa shape index (κ3) is 22.0. The normalized spacial score (nSPS) is 21.2. The lowest BCUT2D eigenvalue weighted by Gasteiger charge is -2.39. The largest absolute Gasteiger partial charge is 0.399 e. The zero-order chi connectivity index (χ0) is 57.5. The number of methoxy groups -OCH3 is 2. The molecule has 438 valence electrons. The number of imide groups is 1. The molecule has 0 spiro atoms. The Balaban J connectivity index is 0.00000393. The van der Waals surface area contributed by atoms with Gasteiger partial charge in [-0.05, 0) is 57.9 Å². The lowest BCUT2D eigenvalue weighted by molar-refractivity contribution is -0.146. The molecule has 4 aliphatic rings. The highest BCUT2D eigenvalue weighted by Crippen LogP contribution is 2.41. The number of nitrogens with two attached hydrogens (primary N) is 2. The van der Waals surface area contributed by atoms with E-state index in [2.05, 4.69) is 34.7 Å². The molecule has 2 saturated heterocycles. The first kappa shape index (κ1) is 69.3. The van der Waals surface area contributed by atoms with Crippen LogP contribution in [0.15, 0.2) is 24.0 Å². The summed E-state index contributed by atoms with van der Waals surface area (Å²) in [5.74, 6) is 3.29. The van der Waals surface area contributed by atoms with Crippen LogP contribution in [0.1, 0.15) is 121 Å². The fourth-order valence-corrected chi connectivity index (χ4v) is 9.93. The van der Waals surface area contributed by atoms with Crippen LogP contribution in [-0.2, 0) is 57.2 Å². The van der Waals surface area contributed by atoms with Gasteiger partial charge in [-0.1, -0.05) is 75.2 Å². The SMILES string of the molecule is CC.CC.CCC.CCC(C)C(C(CC(=O)N1CCCC1C(OC)C(C)C(=O)N[C@@H](C)C(=O)NCCOCCOCCOCCN(N)/C=C(\N)CN1C(=O)C=CC1=O)OC)N(C)C(=O)CNC(=O)C1C2CCC(C2)N1C. The Morgan fingerprint density at radius 2 is 1.43 bits per heavy atom. The lowest BCUT2D eigenvalue weighted by atomic mass is 9.90. The number of likely N-dealkylation sites (tertiary alicyclic amines) is 2. The molecular formula is C54H100N10O12. The van der Waals surface area contributed by atoms with Gasteiger partial charge < -0.3 is 60.2 Å². The van der Waals surface area contributed by atoms with E-state index in [9.17, 15) is 33.6 Å². The number of rotatable bonds is 31. The Morgan fingerprint density at radius 1 is 0.842 bits per heavy atom. The Bertz CT molecular complexity index is 1800. The number of hydrogen-bond acceptors (Lipinski definition) is 16. The predicted molar refractivity (Wildman–Crippen MR) is 293 cm³/mol. The Kier molecular flexibility index (Phi) is 34.6. The number of amides is 7. The number of carbonyl (C=O) groups is 7. The molecule has 9 unspecified atom stereocenters. The van der Waals surface area contributed by atoms with Crippen molar-refractivity contribution in [3.05, 3.63) is 24.0 Å². The zero-order valence-corrected chi connectivity index (χ0v) is 48.7. The second-order valence-electron chi connectivity index (χ2n) is 19.3. The molecular weight excluding hydrogens is 981 g/mol. The second-order valence-corrected chi connectivity index (χ2v) is 19.3. The molecule has 0 aromatic rings. The molecule has 7 N–H and O–H groups in total. The van der Waals surface area contributed by atoms with Gasteiger partial charge in [-0.3, -0.25) is 43.4 Å². The van der Waals surface area contributed by atoms with Gasteiger partial charge in [-0.2, -0.15) is 0 Å². The van der Waals surface area contributed by atoms with Gasteiger partial charge in [0.25, 0.3) is 11.8 Å². The number of nitrogens with one attached hydrogen (secondary N) is 3. The minimum atomic E-state index is -0.849. The Morgan fingerprint density at radius 3 is 1.99 bits per heavy atom. The summed E-state index contributed by atoms with van der Waals surface area (Å²) in [6.07, 6.45) is 8.99. The number of piperidine rings is 1. The van der Waals surface area contributed by atoms with Crippen molar-refractivity contribution in [2.45, 2.75) is 163 Å². The molecule has 4 rings (SSSR count). The standard InChI is InChI=1S/C47H80N10O12.C3H8.2C2H6/c1-9-30(2)42(54(6)41(61)27-51-47(64)43-33-12-13-35(25-33)53(43)5)37(65-7)26-40(60)56-17-10-11-36(56)44(66-8)31(3)45(62)52-32(4)46(63)50-16-19-67-21-23-69-24-22-68-20-18-55(49)28-34(48)29-57-38(58)14-15-39(57)59;1-3-2;2*1-2/h14-15,28,30-33,35-37,42-44H,9-13,16-27,29,48-49H2,1-8H3,(H,50,63)(H,51,64)(H,52,62);3H2,1-2H3;2*1-2H3/b34-28-;;;/t30?,31?,32-,33?,35?,36?,37?,42?,43?,44?;;;/m0.../s1. The quantitative estimate of drug-likeness (QED) is 0.0289. The predicted octanol–water partition coefficient (Wildman–Crippen LogP) is 2.55. The minimum absolute atomic E-state index is 0.00410. The first-order chi connectivity index (χ1) is 36.3. The van der Waals surface area contributed by atoms with Gasteiger partial charge in [0.05, 0.1) is 102 Å². The van der Waals surface area contributed by atoms with Crippen molar-refractivity contribution in [2.75, 3.05) is 101 Å². The van der Waals surface area contributed by atoms with Crippen LogP contribution in [-0.4, -0.2) is 209 Å². The van der Waals surface area contributed by atoms with Crippen molar-refractivity contribution in [3.63, 3.8) is 0 Å². The minimum Gasteiger partial charge on any atom is -0.399 e. The van der Waals surface area contributed by atoms with Crippen LogP contribution < -0.4 is 27.5 Å². The number of nitrogens with zero attached hydrogens (tertiary/aromatic N) is 5. The molecule has 22 nitrogen and oxygen atoms in total. The van der Waals surface area contributed by atoms with Crippen molar-refractivity contribution < 1.29 is 57.2 Å². The number of fused-ring (bicyclic) bond motifs is 2. The third-order valence-electron chi connectivity index (χ3n) is 14.0. The summed E-state index contributed by atoms with van der Waals surface area (Å²) in [7, 11) is 6.73. The van der Waals surface area contributed by atoms with E-state index in [1.807, 2.05) is 48.6 Å². The first-order valence-electron chi connectivity index (χ1n) is 27.8. The molecule has 0 aromatic heterocycles. The average Bonchev–Trinajstić information content (AvgIpc) is 4.23. The second kappa shape index (κ2) is 38.0. The van der Waals surface area contributed by atoms with Gasteiger partial charge in [0.2, 0.25) is 29.5 Å². The van der Waals surface area contributed by atoms with E-state index >= 15 is 0 Å². The number of carbonyl (C=O) groups excluding carboxylic acids is 7. The van der Waals surface area contributed by atoms with E-state index in [0.29, 0.717) is 64.3 Å². The molecule has 3 aliphatic heterocycles. The fourth-order valence-electron chi connectivity index (χ4n) is 9.93. The van der Waals surface area contributed by atoms with Crippen molar-refractivity contribution in [3.8, 4) is 0 Å². The molecule has 3 fully saturated rings. The number of hydrazine groups is 1. The maximum Gasteiger partial charge on any atom is 0.253 e. The number of likely N-dealkylation sites (N-methyl/N-ethyl adjacent to an activating group) is 2. The number of hydrogen-bond donors (Lipinski definition) is 5. The summed E-state index contributed by atoms with van der Waals surface area (Å²) in [5.41, 5.74) is 6.14. The Hall–Kier alpha value is -4.71. The summed E-state index contributed by atoms with van der Waals surface area (Å²) in [4.78, 5) is 97.2. The molecule has 3 heterocycles. The molecule has 0 radical (unpaired) electrons. The topological polar surface area (TPSA) is 270 Å². The highest BCUT2D eigenvalue weighted by Gasteiger charge is 2.47. The Labute approximate surface area is 454 Å². The zero-order valence-electron chi connectivity index (χ0n) is 48.7. The van der Waals surface area contributed by atoms with Crippen molar-refractivity contribution in [1.82, 2.24) is 40.6 Å². The van der Waals surface area contributed by atoms with Crippen LogP contribution in [0.5, 0.6) is 0 Å². The molecule has 10 atom stereocenters. The summed E-state index contributed by atoms with van der Waals surface area (Å²) in [6, 6.07) is -1.49. The summed E-state index contributed by atoms with van der Waals surface area (Å²) >= 11 is 0. The van der Waals surface area contributed by atoms with Crippen LogP contribution in [0.2, 0.25) is 0 Å².